The topological polar surface area (TPSA) is 85.8 Å². The number of carbonyl (C=O) groups is 1. The molecule has 0 atom stereocenters. The van der Waals surface area contributed by atoms with Crippen LogP contribution in [0.5, 0.6) is 0 Å². The van der Waals surface area contributed by atoms with Gasteiger partial charge in [0.1, 0.15) is 0 Å². The van der Waals surface area contributed by atoms with Crippen LogP contribution in [0.3, 0.4) is 0 Å². The van der Waals surface area contributed by atoms with Crippen molar-refractivity contribution >= 4 is 11.9 Å². The summed E-state index contributed by atoms with van der Waals surface area (Å²) in [6, 6.07) is 16.7. The highest BCUT2D eigenvalue weighted by atomic mass is 16.4. The number of nitrogens with zero attached hydrogens (tertiary/aromatic N) is 4. The first-order chi connectivity index (χ1) is 12.3. The van der Waals surface area contributed by atoms with Gasteiger partial charge in [0.05, 0.1) is 29.8 Å². The number of para-hydroxylation sites is 1. The second kappa shape index (κ2) is 6.40. The van der Waals surface area contributed by atoms with Crippen molar-refractivity contribution in [2.45, 2.75) is 0 Å². The van der Waals surface area contributed by atoms with E-state index in [0.717, 1.165) is 5.56 Å². The van der Waals surface area contributed by atoms with Gasteiger partial charge in [0.15, 0.2) is 5.76 Å². The van der Waals surface area contributed by atoms with E-state index >= 15 is 0 Å². The van der Waals surface area contributed by atoms with E-state index in [0.29, 0.717) is 17.0 Å². The number of nitrogens with one attached hydrogen (secondary N) is 1. The molecule has 2 aromatic carbocycles. The summed E-state index contributed by atoms with van der Waals surface area (Å²) < 4.78 is 5.61. The number of carbonyl (C=O) groups excluding carboxylic acids is 1. The summed E-state index contributed by atoms with van der Waals surface area (Å²) in [5.41, 5.74) is 1.87. The molecule has 0 aliphatic carbocycles. The van der Waals surface area contributed by atoms with Gasteiger partial charge < -0.3 is 4.42 Å². The van der Waals surface area contributed by atoms with Crippen LogP contribution in [-0.4, -0.2) is 25.9 Å². The predicted octanol–water partition coefficient (Wildman–Crippen LogP) is 3.17. The summed E-state index contributed by atoms with van der Waals surface area (Å²) in [6.45, 7) is 0. The van der Waals surface area contributed by atoms with Gasteiger partial charge in [0.2, 0.25) is 0 Å². The van der Waals surface area contributed by atoms with E-state index in [9.17, 15) is 4.79 Å². The SMILES string of the molecule is O=C(Nc1ncc(-c2ccccc2)o1)c1ccccc1-n1nccn1. The molecule has 0 saturated heterocycles. The molecular formula is C18H13N5O2. The quantitative estimate of drug-likeness (QED) is 0.621. The maximum atomic E-state index is 12.6. The standard InChI is InChI=1S/C18H13N5O2/c24-17(14-8-4-5-9-15(14)23-20-10-11-21-23)22-18-19-12-16(25-18)13-6-2-1-3-7-13/h1-12H,(H,19,22,24). The number of oxazole rings is 1. The fraction of sp³-hybridized carbons (Fsp3) is 0. The molecular weight excluding hydrogens is 318 g/mol. The third-order valence-electron chi connectivity index (χ3n) is 3.57. The van der Waals surface area contributed by atoms with Crippen molar-refractivity contribution in [1.29, 1.82) is 0 Å². The summed E-state index contributed by atoms with van der Waals surface area (Å²) in [6.07, 6.45) is 4.68. The highest BCUT2D eigenvalue weighted by molar-refractivity contribution is 6.05. The van der Waals surface area contributed by atoms with Crippen molar-refractivity contribution in [3.05, 3.63) is 78.8 Å². The summed E-state index contributed by atoms with van der Waals surface area (Å²) in [7, 11) is 0. The highest BCUT2D eigenvalue weighted by Gasteiger charge is 2.16. The molecule has 2 aromatic heterocycles. The Balaban J connectivity index is 1.59. The van der Waals surface area contributed by atoms with Crippen molar-refractivity contribution < 1.29 is 9.21 Å². The van der Waals surface area contributed by atoms with Gasteiger partial charge in [-0.05, 0) is 12.1 Å². The van der Waals surface area contributed by atoms with Crippen molar-refractivity contribution in [3.8, 4) is 17.0 Å². The molecule has 25 heavy (non-hydrogen) atoms. The molecule has 0 radical (unpaired) electrons. The molecule has 0 unspecified atom stereocenters. The van der Waals surface area contributed by atoms with E-state index < -0.39 is 0 Å². The van der Waals surface area contributed by atoms with Crippen molar-refractivity contribution in [2.24, 2.45) is 0 Å². The number of benzene rings is 2. The smallest absolute Gasteiger partial charge is 0.302 e. The van der Waals surface area contributed by atoms with E-state index in [2.05, 4.69) is 20.5 Å². The molecule has 0 spiro atoms. The molecule has 7 nitrogen and oxygen atoms in total. The number of aromatic nitrogens is 4. The Labute approximate surface area is 142 Å². The van der Waals surface area contributed by atoms with E-state index in [1.807, 2.05) is 36.4 Å². The Bertz CT molecular complexity index is 993. The van der Waals surface area contributed by atoms with Gasteiger partial charge >= 0.3 is 6.01 Å². The van der Waals surface area contributed by atoms with E-state index in [4.69, 9.17) is 4.42 Å². The fourth-order valence-electron chi connectivity index (χ4n) is 2.41. The summed E-state index contributed by atoms with van der Waals surface area (Å²) in [5.74, 6) is 0.229. The first-order valence-corrected chi connectivity index (χ1v) is 7.59. The lowest BCUT2D eigenvalue weighted by molar-refractivity contribution is 0.102. The second-order valence-corrected chi connectivity index (χ2v) is 5.19. The van der Waals surface area contributed by atoms with E-state index in [1.165, 1.54) is 4.80 Å². The molecule has 2 heterocycles. The molecule has 1 amide bonds. The molecule has 7 heteroatoms. The van der Waals surface area contributed by atoms with Crippen LogP contribution in [0.1, 0.15) is 10.4 Å². The Morgan fingerprint density at radius 2 is 1.68 bits per heavy atom. The third kappa shape index (κ3) is 3.02. The molecule has 0 bridgehead atoms. The summed E-state index contributed by atoms with van der Waals surface area (Å²) in [4.78, 5) is 18.1. The molecule has 122 valence electrons. The first kappa shape index (κ1) is 14.8. The minimum absolute atomic E-state index is 0.132. The fourth-order valence-corrected chi connectivity index (χ4v) is 2.41. The average Bonchev–Trinajstić information content (AvgIpc) is 3.34. The average molecular weight is 331 g/mol. The Morgan fingerprint density at radius 1 is 0.960 bits per heavy atom. The van der Waals surface area contributed by atoms with Gasteiger partial charge in [-0.1, -0.05) is 42.5 Å². The molecule has 1 N–H and O–H groups in total. The van der Waals surface area contributed by atoms with E-state index in [-0.39, 0.29) is 11.9 Å². The van der Waals surface area contributed by atoms with Crippen LogP contribution >= 0.6 is 0 Å². The normalized spacial score (nSPS) is 10.6. The lowest BCUT2D eigenvalue weighted by Crippen LogP contribution is -2.16. The largest absolute Gasteiger partial charge is 0.423 e. The zero-order valence-electron chi connectivity index (χ0n) is 13.0. The highest BCUT2D eigenvalue weighted by Crippen LogP contribution is 2.22. The number of hydrogen-bond donors (Lipinski definition) is 1. The van der Waals surface area contributed by atoms with E-state index in [1.54, 1.807) is 36.8 Å². The lowest BCUT2D eigenvalue weighted by atomic mass is 10.1. The number of amides is 1. The van der Waals surface area contributed by atoms with Crippen molar-refractivity contribution in [1.82, 2.24) is 20.0 Å². The number of rotatable bonds is 4. The van der Waals surface area contributed by atoms with Crippen LogP contribution in [0.15, 0.2) is 77.6 Å². The Kier molecular flexibility index (Phi) is 3.80. The predicted molar refractivity (Wildman–Crippen MR) is 91.3 cm³/mol. The van der Waals surface area contributed by atoms with Crippen LogP contribution in [0.2, 0.25) is 0 Å². The third-order valence-corrected chi connectivity index (χ3v) is 3.57. The van der Waals surface area contributed by atoms with Crippen molar-refractivity contribution in [2.75, 3.05) is 5.32 Å². The minimum Gasteiger partial charge on any atom is -0.423 e. The molecule has 0 saturated carbocycles. The minimum atomic E-state index is -0.352. The van der Waals surface area contributed by atoms with Gasteiger partial charge in [0, 0.05) is 5.56 Å². The summed E-state index contributed by atoms with van der Waals surface area (Å²) in [5, 5.41) is 10.8. The van der Waals surface area contributed by atoms with Crippen LogP contribution in [-0.2, 0) is 0 Å². The molecule has 0 fully saturated rings. The molecule has 0 aliphatic rings. The molecule has 4 rings (SSSR count). The maximum absolute atomic E-state index is 12.6. The molecule has 0 aliphatic heterocycles. The van der Waals surface area contributed by atoms with Gasteiger partial charge in [-0.2, -0.15) is 15.0 Å². The maximum Gasteiger partial charge on any atom is 0.302 e. The van der Waals surface area contributed by atoms with Crippen molar-refractivity contribution in [3.63, 3.8) is 0 Å². The first-order valence-electron chi connectivity index (χ1n) is 7.59. The zero-order valence-corrected chi connectivity index (χ0v) is 13.0. The monoisotopic (exact) mass is 331 g/mol. The van der Waals surface area contributed by atoms with Gasteiger partial charge in [0.25, 0.3) is 5.91 Å². The van der Waals surface area contributed by atoms with Gasteiger partial charge in [-0.25, -0.2) is 4.98 Å². The number of hydrogen-bond acceptors (Lipinski definition) is 5. The Hall–Kier alpha value is -3.74. The van der Waals surface area contributed by atoms with Crippen LogP contribution in [0, 0.1) is 0 Å². The van der Waals surface area contributed by atoms with Crippen LogP contribution < -0.4 is 5.32 Å². The van der Waals surface area contributed by atoms with Gasteiger partial charge in [-0.15, -0.1) is 0 Å². The Morgan fingerprint density at radius 3 is 2.48 bits per heavy atom. The molecule has 4 aromatic rings. The number of anilines is 1. The van der Waals surface area contributed by atoms with Gasteiger partial charge in [-0.3, -0.25) is 10.1 Å². The van der Waals surface area contributed by atoms with Crippen LogP contribution in [0.25, 0.3) is 17.0 Å². The second-order valence-electron chi connectivity index (χ2n) is 5.19. The lowest BCUT2D eigenvalue weighted by Gasteiger charge is -2.07. The zero-order chi connectivity index (χ0) is 17.1. The van der Waals surface area contributed by atoms with Crippen LogP contribution in [0.4, 0.5) is 6.01 Å². The summed E-state index contributed by atoms with van der Waals surface area (Å²) >= 11 is 0.